The molecule has 1 aromatic carbocycles. The van der Waals surface area contributed by atoms with Crippen molar-refractivity contribution >= 4 is 40.2 Å². The Labute approximate surface area is 176 Å². The standard InChI is InChI=1S/C20H20IN3O4/c1-11-10-27-14-5-4-6-15(17(14)12(11)2)28-16-8-7-13(9-22-16)24-18(25)20(3,21)23-19(24)26/h4-9,11-12H,10H2,1-3H3,(H,23,26)/t11?,12?,20-/m0/s1. The number of amides is 3. The van der Waals surface area contributed by atoms with Crippen LogP contribution >= 0.6 is 22.6 Å². The van der Waals surface area contributed by atoms with E-state index in [1.165, 1.54) is 6.20 Å². The third-order valence-corrected chi connectivity index (χ3v) is 5.91. The van der Waals surface area contributed by atoms with Crippen molar-refractivity contribution in [3.8, 4) is 17.4 Å². The van der Waals surface area contributed by atoms with Gasteiger partial charge in [-0.05, 0) is 59.5 Å². The van der Waals surface area contributed by atoms with Gasteiger partial charge in [0.2, 0.25) is 5.88 Å². The van der Waals surface area contributed by atoms with E-state index in [1.807, 2.05) is 40.8 Å². The highest BCUT2D eigenvalue weighted by molar-refractivity contribution is 14.1. The lowest BCUT2D eigenvalue weighted by molar-refractivity contribution is -0.118. The summed E-state index contributed by atoms with van der Waals surface area (Å²) < 4.78 is 10.9. The largest absolute Gasteiger partial charge is 0.493 e. The molecule has 1 aromatic heterocycles. The van der Waals surface area contributed by atoms with Gasteiger partial charge in [0.1, 0.15) is 11.5 Å². The van der Waals surface area contributed by atoms with Crippen LogP contribution in [-0.2, 0) is 4.79 Å². The first-order valence-corrected chi connectivity index (χ1v) is 10.1. The highest BCUT2D eigenvalue weighted by Gasteiger charge is 2.46. The number of pyridine rings is 1. The predicted molar refractivity (Wildman–Crippen MR) is 112 cm³/mol. The van der Waals surface area contributed by atoms with Gasteiger partial charge in [0.15, 0.2) is 3.55 Å². The van der Waals surface area contributed by atoms with Crippen LogP contribution in [0.1, 0.15) is 32.3 Å². The van der Waals surface area contributed by atoms with Crippen molar-refractivity contribution in [2.75, 3.05) is 11.5 Å². The quantitative estimate of drug-likeness (QED) is 0.300. The lowest BCUT2D eigenvalue weighted by Crippen LogP contribution is -2.36. The van der Waals surface area contributed by atoms with E-state index in [2.05, 4.69) is 24.1 Å². The summed E-state index contributed by atoms with van der Waals surface area (Å²) in [4.78, 5) is 29.9. The van der Waals surface area contributed by atoms with Gasteiger partial charge in [-0.25, -0.2) is 14.7 Å². The first kappa shape index (κ1) is 19.0. The molecule has 3 atom stereocenters. The molecule has 0 radical (unpaired) electrons. The van der Waals surface area contributed by atoms with Crippen molar-refractivity contribution in [1.29, 1.82) is 0 Å². The van der Waals surface area contributed by atoms with E-state index in [4.69, 9.17) is 9.47 Å². The lowest BCUT2D eigenvalue weighted by atomic mass is 9.86. The van der Waals surface area contributed by atoms with Gasteiger partial charge in [0.25, 0.3) is 5.91 Å². The van der Waals surface area contributed by atoms with Crippen LogP contribution in [0.3, 0.4) is 0 Å². The van der Waals surface area contributed by atoms with Crippen molar-refractivity contribution in [2.45, 2.75) is 30.2 Å². The predicted octanol–water partition coefficient (Wildman–Crippen LogP) is 4.21. The normalized spacial score (nSPS) is 26.5. The Hall–Kier alpha value is -2.36. The van der Waals surface area contributed by atoms with Crippen LogP contribution in [0.15, 0.2) is 36.5 Å². The summed E-state index contributed by atoms with van der Waals surface area (Å²) in [5, 5.41) is 2.64. The lowest BCUT2D eigenvalue weighted by Gasteiger charge is -2.30. The van der Waals surface area contributed by atoms with Gasteiger partial charge in [-0.15, -0.1) is 0 Å². The number of urea groups is 1. The molecule has 28 heavy (non-hydrogen) atoms. The molecule has 2 aromatic rings. The fourth-order valence-electron chi connectivity index (χ4n) is 3.36. The number of imide groups is 1. The number of nitrogens with zero attached hydrogens (tertiary/aromatic N) is 2. The number of alkyl halides is 1. The Kier molecular flexibility index (Phi) is 4.68. The van der Waals surface area contributed by atoms with E-state index in [-0.39, 0.29) is 5.91 Å². The van der Waals surface area contributed by atoms with Crippen LogP contribution in [0.2, 0.25) is 0 Å². The highest BCUT2D eigenvalue weighted by atomic mass is 127. The average molecular weight is 493 g/mol. The molecule has 0 bridgehead atoms. The summed E-state index contributed by atoms with van der Waals surface area (Å²) in [5.74, 6) is 2.27. The number of halogens is 1. The van der Waals surface area contributed by atoms with Gasteiger partial charge in [-0.3, -0.25) is 4.79 Å². The number of hydrogen-bond acceptors (Lipinski definition) is 5. The SMILES string of the molecule is CC1COc2cccc(Oc3ccc(N4C(=O)N[C@](C)(I)C4=O)cn3)c2C1C. The molecular weight excluding hydrogens is 473 g/mol. The van der Waals surface area contributed by atoms with Gasteiger partial charge in [-0.2, -0.15) is 0 Å². The molecule has 1 N–H and O–H groups in total. The zero-order valence-electron chi connectivity index (χ0n) is 15.7. The molecule has 0 saturated carbocycles. The average Bonchev–Trinajstić information content (AvgIpc) is 2.86. The first-order chi connectivity index (χ1) is 13.3. The monoisotopic (exact) mass is 493 g/mol. The number of nitrogens with one attached hydrogen (secondary N) is 1. The smallest absolute Gasteiger partial charge is 0.330 e. The molecule has 8 heteroatoms. The summed E-state index contributed by atoms with van der Waals surface area (Å²) >= 11 is 1.91. The van der Waals surface area contributed by atoms with Crippen LogP contribution < -0.4 is 19.7 Å². The molecule has 0 spiro atoms. The van der Waals surface area contributed by atoms with Gasteiger partial charge >= 0.3 is 6.03 Å². The van der Waals surface area contributed by atoms with E-state index < -0.39 is 9.58 Å². The van der Waals surface area contributed by atoms with E-state index in [1.54, 1.807) is 19.1 Å². The zero-order valence-corrected chi connectivity index (χ0v) is 17.9. The number of ether oxygens (including phenoxy) is 2. The summed E-state index contributed by atoms with van der Waals surface area (Å²) in [5.41, 5.74) is 1.43. The van der Waals surface area contributed by atoms with Crippen molar-refractivity contribution in [1.82, 2.24) is 10.3 Å². The molecule has 0 aliphatic carbocycles. The van der Waals surface area contributed by atoms with Crippen molar-refractivity contribution < 1.29 is 19.1 Å². The van der Waals surface area contributed by atoms with Crippen molar-refractivity contribution in [3.63, 3.8) is 0 Å². The maximum Gasteiger partial charge on any atom is 0.330 e. The third-order valence-electron chi connectivity index (χ3n) is 5.18. The van der Waals surface area contributed by atoms with Crippen LogP contribution in [0.5, 0.6) is 17.4 Å². The summed E-state index contributed by atoms with van der Waals surface area (Å²) in [6.07, 6.45) is 1.46. The second-order valence-corrected chi connectivity index (χ2v) is 9.43. The van der Waals surface area contributed by atoms with Gasteiger partial charge < -0.3 is 14.8 Å². The molecule has 1 saturated heterocycles. The topological polar surface area (TPSA) is 80.8 Å². The number of aromatic nitrogens is 1. The fourth-order valence-corrected chi connectivity index (χ4v) is 3.83. The number of fused-ring (bicyclic) bond motifs is 1. The third kappa shape index (κ3) is 3.19. The molecule has 3 heterocycles. The maximum atomic E-state index is 12.4. The van der Waals surface area contributed by atoms with Crippen LogP contribution in [0.4, 0.5) is 10.5 Å². The summed E-state index contributed by atoms with van der Waals surface area (Å²) in [7, 11) is 0. The van der Waals surface area contributed by atoms with Gasteiger partial charge in [0.05, 0.1) is 18.5 Å². The Balaban J connectivity index is 1.59. The Morgan fingerprint density at radius 2 is 2.07 bits per heavy atom. The Morgan fingerprint density at radius 3 is 2.71 bits per heavy atom. The van der Waals surface area contributed by atoms with Crippen LogP contribution in [0, 0.1) is 5.92 Å². The molecule has 7 nitrogen and oxygen atoms in total. The number of rotatable bonds is 3. The molecule has 1 fully saturated rings. The molecule has 2 aliphatic rings. The number of benzene rings is 1. The van der Waals surface area contributed by atoms with E-state index >= 15 is 0 Å². The van der Waals surface area contributed by atoms with E-state index in [0.717, 1.165) is 16.2 Å². The molecule has 4 rings (SSSR count). The van der Waals surface area contributed by atoms with Crippen molar-refractivity contribution in [3.05, 3.63) is 42.1 Å². The number of hydrogen-bond donors (Lipinski definition) is 1. The van der Waals surface area contributed by atoms with Crippen molar-refractivity contribution in [2.24, 2.45) is 5.92 Å². The minimum Gasteiger partial charge on any atom is -0.493 e. The van der Waals surface area contributed by atoms with Gasteiger partial charge in [0, 0.05) is 11.6 Å². The number of anilines is 1. The second-order valence-electron chi connectivity index (χ2n) is 7.28. The first-order valence-electron chi connectivity index (χ1n) is 9.03. The zero-order chi connectivity index (χ0) is 20.1. The Bertz CT molecular complexity index is 945. The van der Waals surface area contributed by atoms with E-state index in [9.17, 15) is 9.59 Å². The fraction of sp³-hybridized carbons (Fsp3) is 0.350. The summed E-state index contributed by atoms with van der Waals surface area (Å²) in [6.45, 7) is 6.65. The number of carbonyl (C=O) groups excluding carboxylic acids is 2. The summed E-state index contributed by atoms with van der Waals surface area (Å²) in [6, 6.07) is 8.56. The highest BCUT2D eigenvalue weighted by Crippen LogP contribution is 2.43. The Morgan fingerprint density at radius 1 is 1.29 bits per heavy atom. The minimum atomic E-state index is -0.958. The molecule has 2 unspecified atom stereocenters. The van der Waals surface area contributed by atoms with E-state index in [0.29, 0.717) is 35.8 Å². The molecule has 3 amide bonds. The van der Waals surface area contributed by atoms with Gasteiger partial charge in [-0.1, -0.05) is 19.9 Å². The minimum absolute atomic E-state index is 0.298. The second kappa shape index (κ2) is 6.91. The number of carbonyl (C=O) groups is 2. The van der Waals surface area contributed by atoms with Crippen LogP contribution in [-0.4, -0.2) is 27.1 Å². The molecule has 2 aliphatic heterocycles. The maximum absolute atomic E-state index is 12.4. The van der Waals surface area contributed by atoms with Crippen LogP contribution in [0.25, 0.3) is 0 Å². The molecule has 146 valence electrons. The molecular formula is C20H20IN3O4.